The minimum absolute atomic E-state index is 0.629. The van der Waals surface area contributed by atoms with Gasteiger partial charge in [-0.3, -0.25) is 0 Å². The largest absolute Gasteiger partial charge is 0.455 e. The Morgan fingerprint density at radius 2 is 1.38 bits per heavy atom. The molecule has 1 nitrogen and oxygen atoms in total. The molecule has 1 heterocycles. The molecule has 0 amide bonds. The number of hydrogen-bond acceptors (Lipinski definition) is 1. The van der Waals surface area contributed by atoms with Crippen LogP contribution in [0.4, 0.5) is 0 Å². The second-order valence-electron chi connectivity index (χ2n) is 6.35. The van der Waals surface area contributed by atoms with Crippen molar-refractivity contribution in [1.82, 2.24) is 0 Å². The molecular formula is C25H18O. The van der Waals surface area contributed by atoms with E-state index in [4.69, 9.17) is 7.16 Å². The third-order valence-corrected chi connectivity index (χ3v) is 4.64. The SMILES string of the molecule is [2H]C([2H])(c1ccccc1)c1cccc(-c2cccc3c2oc2ccccc23)c1. The highest BCUT2D eigenvalue weighted by atomic mass is 16.3. The molecule has 0 atom stereocenters. The van der Waals surface area contributed by atoms with Gasteiger partial charge in [-0.05, 0) is 29.1 Å². The predicted molar refractivity (Wildman–Crippen MR) is 108 cm³/mol. The lowest BCUT2D eigenvalue weighted by Gasteiger charge is -2.07. The Kier molecular flexibility index (Phi) is 3.09. The van der Waals surface area contributed by atoms with Crippen LogP contribution in [0.5, 0.6) is 0 Å². The molecule has 0 aliphatic carbocycles. The molecule has 0 radical (unpaired) electrons. The lowest BCUT2D eigenvalue weighted by atomic mass is 9.98. The quantitative estimate of drug-likeness (QED) is 0.351. The zero-order chi connectivity index (χ0) is 19.1. The van der Waals surface area contributed by atoms with Crippen LogP contribution in [0.25, 0.3) is 33.1 Å². The molecule has 0 saturated carbocycles. The van der Waals surface area contributed by atoms with E-state index in [1.807, 2.05) is 84.9 Å². The van der Waals surface area contributed by atoms with Crippen LogP contribution in [-0.4, -0.2) is 0 Å². The lowest BCUT2D eigenvalue weighted by Crippen LogP contribution is -1.88. The molecule has 5 aromatic rings. The first-order valence-electron chi connectivity index (χ1n) is 9.71. The molecule has 0 bridgehead atoms. The zero-order valence-corrected chi connectivity index (χ0v) is 14.1. The van der Waals surface area contributed by atoms with E-state index < -0.39 is 6.37 Å². The van der Waals surface area contributed by atoms with Gasteiger partial charge >= 0.3 is 0 Å². The van der Waals surface area contributed by atoms with Crippen molar-refractivity contribution in [3.63, 3.8) is 0 Å². The molecule has 26 heavy (non-hydrogen) atoms. The number of furan rings is 1. The minimum atomic E-state index is -1.57. The summed E-state index contributed by atoms with van der Waals surface area (Å²) in [7, 11) is 0. The summed E-state index contributed by atoms with van der Waals surface area (Å²) in [5.74, 6) is 0. The Hall–Kier alpha value is -3.32. The molecule has 4 aromatic carbocycles. The smallest absolute Gasteiger partial charge is 0.143 e. The van der Waals surface area contributed by atoms with Gasteiger partial charge in [-0.15, -0.1) is 0 Å². The van der Waals surface area contributed by atoms with Crippen LogP contribution in [0.2, 0.25) is 0 Å². The molecular weight excluding hydrogens is 316 g/mol. The molecule has 1 aromatic heterocycles. The van der Waals surface area contributed by atoms with Crippen molar-refractivity contribution in [3.8, 4) is 11.1 Å². The van der Waals surface area contributed by atoms with E-state index in [2.05, 4.69) is 12.1 Å². The Morgan fingerprint density at radius 1 is 0.654 bits per heavy atom. The van der Waals surface area contributed by atoms with Crippen molar-refractivity contribution in [2.24, 2.45) is 0 Å². The maximum atomic E-state index is 8.66. The molecule has 0 spiro atoms. The normalized spacial score (nSPS) is 12.9. The molecule has 0 N–H and O–H groups in total. The van der Waals surface area contributed by atoms with Gasteiger partial charge in [0.1, 0.15) is 11.2 Å². The summed E-state index contributed by atoms with van der Waals surface area (Å²) in [5, 5.41) is 2.17. The Labute approximate surface area is 155 Å². The first-order valence-corrected chi connectivity index (χ1v) is 8.71. The Balaban J connectivity index is 1.68. The summed E-state index contributed by atoms with van der Waals surface area (Å²) < 4.78 is 23.5. The molecule has 1 heteroatoms. The van der Waals surface area contributed by atoms with Gasteiger partial charge in [-0.2, -0.15) is 0 Å². The number of fused-ring (bicyclic) bond motifs is 3. The molecule has 0 saturated heterocycles. The fourth-order valence-electron chi connectivity index (χ4n) is 3.43. The molecule has 5 rings (SSSR count). The maximum absolute atomic E-state index is 8.66. The second-order valence-corrected chi connectivity index (χ2v) is 6.35. The number of hydrogen-bond donors (Lipinski definition) is 0. The number of para-hydroxylation sites is 2. The highest BCUT2D eigenvalue weighted by Gasteiger charge is 2.11. The number of benzene rings is 4. The van der Waals surface area contributed by atoms with Crippen molar-refractivity contribution >= 4 is 21.9 Å². The first kappa shape index (κ1) is 13.0. The van der Waals surface area contributed by atoms with Crippen molar-refractivity contribution in [2.45, 2.75) is 6.37 Å². The van der Waals surface area contributed by atoms with Gasteiger partial charge in [-0.25, -0.2) is 0 Å². The molecule has 0 unspecified atom stereocenters. The van der Waals surface area contributed by atoms with Crippen molar-refractivity contribution < 1.29 is 7.16 Å². The van der Waals surface area contributed by atoms with Crippen LogP contribution in [0, 0.1) is 0 Å². The molecule has 0 aliphatic heterocycles. The Morgan fingerprint density at radius 3 is 2.31 bits per heavy atom. The summed E-state index contributed by atoms with van der Waals surface area (Å²) in [6.07, 6.45) is -1.57. The third kappa shape index (κ3) is 2.58. The van der Waals surface area contributed by atoms with Crippen molar-refractivity contribution in [2.75, 3.05) is 0 Å². The topological polar surface area (TPSA) is 13.1 Å². The molecule has 0 fully saturated rings. The van der Waals surface area contributed by atoms with E-state index in [0.29, 0.717) is 11.1 Å². The maximum Gasteiger partial charge on any atom is 0.143 e. The van der Waals surface area contributed by atoms with Gasteiger partial charge in [0.15, 0.2) is 0 Å². The van der Waals surface area contributed by atoms with E-state index in [1.165, 1.54) is 0 Å². The van der Waals surface area contributed by atoms with Gasteiger partial charge in [0, 0.05) is 19.1 Å². The van der Waals surface area contributed by atoms with Gasteiger partial charge in [0.25, 0.3) is 0 Å². The average Bonchev–Trinajstić information content (AvgIpc) is 3.13. The molecule has 0 aliphatic rings. The van der Waals surface area contributed by atoms with Crippen LogP contribution >= 0.6 is 0 Å². The van der Waals surface area contributed by atoms with Crippen molar-refractivity contribution in [1.29, 1.82) is 0 Å². The average molecular weight is 336 g/mol. The second kappa shape index (κ2) is 6.20. The third-order valence-electron chi connectivity index (χ3n) is 4.64. The number of rotatable bonds is 3. The first-order chi connectivity index (χ1) is 13.6. The van der Waals surface area contributed by atoms with Crippen LogP contribution in [0.15, 0.2) is 101 Å². The lowest BCUT2D eigenvalue weighted by molar-refractivity contribution is 0.670. The minimum Gasteiger partial charge on any atom is -0.455 e. The summed E-state index contributed by atoms with van der Waals surface area (Å²) in [5.41, 5.74) is 4.89. The zero-order valence-electron chi connectivity index (χ0n) is 16.1. The van der Waals surface area contributed by atoms with Crippen molar-refractivity contribution in [3.05, 3.63) is 108 Å². The van der Waals surface area contributed by atoms with Gasteiger partial charge in [-0.1, -0.05) is 91.0 Å². The fourth-order valence-corrected chi connectivity index (χ4v) is 3.43. The Bertz CT molecular complexity index is 1290. The summed E-state index contributed by atoms with van der Waals surface area (Å²) in [4.78, 5) is 0. The van der Waals surface area contributed by atoms with Gasteiger partial charge in [0.2, 0.25) is 0 Å². The van der Waals surface area contributed by atoms with Crippen LogP contribution in [-0.2, 0) is 6.37 Å². The van der Waals surface area contributed by atoms with Crippen LogP contribution < -0.4 is 0 Å². The predicted octanol–water partition coefficient (Wildman–Crippen LogP) is 6.84. The van der Waals surface area contributed by atoms with E-state index in [-0.39, 0.29) is 0 Å². The summed E-state index contributed by atoms with van der Waals surface area (Å²) >= 11 is 0. The van der Waals surface area contributed by atoms with E-state index in [9.17, 15) is 0 Å². The monoisotopic (exact) mass is 336 g/mol. The molecule has 124 valence electrons. The summed E-state index contributed by atoms with van der Waals surface area (Å²) in [6, 6.07) is 31.1. The standard InChI is InChI=1S/C25H18O/c1-2-8-18(9-3-1)16-19-10-6-11-20(17-19)21-13-7-14-23-22-12-4-5-15-24(22)26-25(21)23/h1-15,17H,16H2/i16D2. The van der Waals surface area contributed by atoms with E-state index in [1.54, 1.807) is 0 Å². The van der Waals surface area contributed by atoms with Gasteiger partial charge in [0.05, 0.1) is 0 Å². The van der Waals surface area contributed by atoms with Crippen LogP contribution in [0.3, 0.4) is 0 Å². The fraction of sp³-hybridized carbons (Fsp3) is 0.0400. The van der Waals surface area contributed by atoms with E-state index in [0.717, 1.165) is 33.1 Å². The highest BCUT2D eigenvalue weighted by molar-refractivity contribution is 6.09. The summed E-state index contributed by atoms with van der Waals surface area (Å²) in [6.45, 7) is 0. The van der Waals surface area contributed by atoms with E-state index >= 15 is 0 Å². The highest BCUT2D eigenvalue weighted by Crippen LogP contribution is 2.35. The van der Waals surface area contributed by atoms with Gasteiger partial charge < -0.3 is 4.42 Å². The van der Waals surface area contributed by atoms with Crippen LogP contribution in [0.1, 0.15) is 13.9 Å².